The highest BCUT2D eigenvalue weighted by molar-refractivity contribution is 7.13. The maximum atomic E-state index is 12.7. The van der Waals surface area contributed by atoms with Crippen molar-refractivity contribution in [2.45, 2.75) is 43.8 Å². The monoisotopic (exact) mass is 401 g/mol. The van der Waals surface area contributed by atoms with Crippen LogP contribution in [-0.4, -0.2) is 50.9 Å². The average molecular weight is 402 g/mol. The molecule has 4 rings (SSSR count). The van der Waals surface area contributed by atoms with Gasteiger partial charge in [0.1, 0.15) is 16.4 Å². The number of nitrogens with zero attached hydrogens (tertiary/aromatic N) is 4. The summed E-state index contributed by atoms with van der Waals surface area (Å²) in [5.74, 6) is 0.00249. The lowest BCUT2D eigenvalue weighted by Crippen LogP contribution is -2.48. The Kier molecular flexibility index (Phi) is 6.73. The predicted molar refractivity (Wildman–Crippen MR) is 103 cm³/mol. The Morgan fingerprint density at radius 1 is 1.24 bits per heavy atom. The lowest BCUT2D eigenvalue weighted by molar-refractivity contribution is 0.0676. The number of nitrogens with one attached hydrogen (secondary N) is 1. The van der Waals surface area contributed by atoms with Crippen molar-refractivity contribution in [3.05, 3.63) is 29.7 Å². The van der Waals surface area contributed by atoms with Crippen LogP contribution in [0.5, 0.6) is 0 Å². The summed E-state index contributed by atoms with van der Waals surface area (Å²) in [6, 6.07) is 1.45. The quantitative estimate of drug-likeness (QED) is 0.855. The smallest absolute Gasteiger partial charge is 0.273 e. The molecule has 6 nitrogen and oxygen atoms in total. The second kappa shape index (κ2) is 8.40. The van der Waals surface area contributed by atoms with Gasteiger partial charge in [-0.2, -0.15) is 0 Å². The van der Waals surface area contributed by atoms with Gasteiger partial charge < -0.3 is 10.2 Å². The topological polar surface area (TPSA) is 71.0 Å². The van der Waals surface area contributed by atoms with Crippen LogP contribution in [0.2, 0.25) is 0 Å². The van der Waals surface area contributed by atoms with E-state index < -0.39 is 0 Å². The van der Waals surface area contributed by atoms with Crippen LogP contribution in [0.25, 0.3) is 10.7 Å². The molecule has 1 amide bonds. The van der Waals surface area contributed by atoms with E-state index in [2.05, 4.69) is 20.3 Å². The maximum Gasteiger partial charge on any atom is 0.273 e. The van der Waals surface area contributed by atoms with E-state index in [1.807, 2.05) is 17.3 Å². The van der Waals surface area contributed by atoms with Gasteiger partial charge in [-0.25, -0.2) is 4.98 Å². The molecule has 2 aromatic rings. The van der Waals surface area contributed by atoms with E-state index in [0.717, 1.165) is 17.8 Å². The molecule has 0 aromatic carbocycles. The summed E-state index contributed by atoms with van der Waals surface area (Å²) < 4.78 is 0. The number of hydrogen-bond acceptors (Lipinski definition) is 6. The first-order chi connectivity index (χ1) is 11.2. The largest absolute Gasteiger partial charge is 0.337 e. The minimum absolute atomic E-state index is 0. The highest BCUT2D eigenvalue weighted by Gasteiger charge is 2.36. The summed E-state index contributed by atoms with van der Waals surface area (Å²) in [6.45, 7) is 0. The Balaban J connectivity index is 0.00000113. The number of piperidine rings is 1. The first-order valence-corrected chi connectivity index (χ1v) is 8.84. The van der Waals surface area contributed by atoms with Gasteiger partial charge in [-0.15, -0.1) is 36.2 Å². The van der Waals surface area contributed by atoms with Crippen LogP contribution < -0.4 is 5.32 Å². The molecule has 1 N–H and O–H groups in total. The number of amides is 1. The van der Waals surface area contributed by atoms with Gasteiger partial charge in [0.25, 0.3) is 5.91 Å². The van der Waals surface area contributed by atoms with Crippen molar-refractivity contribution in [2.24, 2.45) is 0 Å². The van der Waals surface area contributed by atoms with Crippen LogP contribution in [-0.2, 0) is 0 Å². The molecule has 0 radical (unpaired) electrons. The van der Waals surface area contributed by atoms with Gasteiger partial charge in [0.05, 0.1) is 6.20 Å². The fourth-order valence-electron chi connectivity index (χ4n) is 3.59. The van der Waals surface area contributed by atoms with Gasteiger partial charge in [0.15, 0.2) is 0 Å². The molecule has 0 spiro atoms. The molecule has 2 unspecified atom stereocenters. The highest BCUT2D eigenvalue weighted by atomic mass is 35.5. The summed E-state index contributed by atoms with van der Waals surface area (Å²) in [7, 11) is 1.90. The van der Waals surface area contributed by atoms with Gasteiger partial charge >= 0.3 is 0 Å². The Hall–Kier alpha value is -1.28. The van der Waals surface area contributed by atoms with Crippen molar-refractivity contribution in [3.63, 3.8) is 0 Å². The SMILES string of the molecule is CN(C(=O)c1csc(-c2cnccn2)n1)C1CC2CCC(C1)N2.Cl.Cl. The van der Waals surface area contributed by atoms with Crippen molar-refractivity contribution in [3.8, 4) is 10.7 Å². The minimum Gasteiger partial charge on any atom is -0.337 e. The third kappa shape index (κ3) is 4.11. The van der Waals surface area contributed by atoms with E-state index in [-0.39, 0.29) is 30.7 Å². The summed E-state index contributed by atoms with van der Waals surface area (Å²) in [4.78, 5) is 27.4. The van der Waals surface area contributed by atoms with Crippen molar-refractivity contribution in [2.75, 3.05) is 7.05 Å². The van der Waals surface area contributed by atoms with Gasteiger partial charge in [0, 0.05) is 42.9 Å². The minimum atomic E-state index is 0. The van der Waals surface area contributed by atoms with E-state index in [1.165, 1.54) is 24.2 Å². The zero-order chi connectivity index (χ0) is 15.8. The summed E-state index contributed by atoms with van der Waals surface area (Å²) in [6.07, 6.45) is 9.48. The summed E-state index contributed by atoms with van der Waals surface area (Å²) in [5, 5.41) is 6.17. The van der Waals surface area contributed by atoms with Crippen LogP contribution in [0, 0.1) is 0 Å². The number of rotatable bonds is 3. The van der Waals surface area contributed by atoms with Gasteiger partial charge in [-0.1, -0.05) is 0 Å². The van der Waals surface area contributed by atoms with Crippen LogP contribution in [0.3, 0.4) is 0 Å². The maximum absolute atomic E-state index is 12.7. The number of halogens is 2. The molecule has 2 bridgehead atoms. The molecule has 0 saturated carbocycles. The molecule has 2 atom stereocenters. The average Bonchev–Trinajstić information content (AvgIpc) is 3.21. The van der Waals surface area contributed by atoms with Crippen molar-refractivity contribution < 1.29 is 4.79 Å². The van der Waals surface area contributed by atoms with E-state index in [1.54, 1.807) is 18.6 Å². The third-order valence-electron chi connectivity index (χ3n) is 4.82. The van der Waals surface area contributed by atoms with E-state index in [9.17, 15) is 4.79 Å². The second-order valence-electron chi connectivity index (χ2n) is 6.31. The van der Waals surface area contributed by atoms with E-state index in [0.29, 0.717) is 29.5 Å². The standard InChI is InChI=1S/C16H19N5OS.2ClH/c1-21(12-6-10-2-3-11(7-12)19-10)16(22)14-9-23-15(20-14)13-8-17-4-5-18-13;;/h4-5,8-12,19H,2-3,6-7H2,1H3;2*1H. The van der Waals surface area contributed by atoms with Gasteiger partial charge in [-0.05, 0) is 25.7 Å². The molecule has 2 fully saturated rings. The number of carbonyl (C=O) groups excluding carboxylic acids is 1. The van der Waals surface area contributed by atoms with Crippen molar-refractivity contribution in [1.29, 1.82) is 0 Å². The molecule has 0 aliphatic carbocycles. The van der Waals surface area contributed by atoms with Crippen LogP contribution in [0.1, 0.15) is 36.2 Å². The molecular weight excluding hydrogens is 381 g/mol. The number of fused-ring (bicyclic) bond motifs is 2. The molecule has 4 heterocycles. The first kappa shape index (κ1) is 20.0. The molecule has 9 heteroatoms. The fourth-order valence-corrected chi connectivity index (χ4v) is 4.34. The number of carbonyl (C=O) groups is 1. The fraction of sp³-hybridized carbons (Fsp3) is 0.500. The predicted octanol–water partition coefficient (Wildman–Crippen LogP) is 2.80. The Morgan fingerprint density at radius 2 is 1.96 bits per heavy atom. The number of aromatic nitrogens is 3. The normalized spacial score (nSPS) is 24.1. The Labute approximate surface area is 163 Å². The molecule has 2 saturated heterocycles. The van der Waals surface area contributed by atoms with E-state index in [4.69, 9.17) is 0 Å². The molecule has 2 aliphatic rings. The second-order valence-corrected chi connectivity index (χ2v) is 7.17. The highest BCUT2D eigenvalue weighted by Crippen LogP contribution is 2.30. The first-order valence-electron chi connectivity index (χ1n) is 7.96. The van der Waals surface area contributed by atoms with Gasteiger partial charge in [-0.3, -0.25) is 14.8 Å². The Bertz CT molecular complexity index is 702. The molecule has 136 valence electrons. The van der Waals surface area contributed by atoms with Crippen LogP contribution in [0.4, 0.5) is 0 Å². The molecule has 2 aliphatic heterocycles. The zero-order valence-electron chi connectivity index (χ0n) is 13.8. The van der Waals surface area contributed by atoms with Crippen LogP contribution in [0.15, 0.2) is 24.0 Å². The zero-order valence-corrected chi connectivity index (χ0v) is 16.2. The molecule has 2 aromatic heterocycles. The van der Waals surface area contributed by atoms with Crippen LogP contribution >= 0.6 is 36.2 Å². The molecule has 25 heavy (non-hydrogen) atoms. The number of hydrogen-bond donors (Lipinski definition) is 1. The van der Waals surface area contributed by atoms with E-state index >= 15 is 0 Å². The van der Waals surface area contributed by atoms with Gasteiger partial charge in [0.2, 0.25) is 0 Å². The Morgan fingerprint density at radius 3 is 2.60 bits per heavy atom. The van der Waals surface area contributed by atoms with Crippen molar-refractivity contribution in [1.82, 2.24) is 25.2 Å². The molecular formula is C16H21Cl2N5OS. The third-order valence-corrected chi connectivity index (χ3v) is 5.69. The lowest BCUT2D eigenvalue weighted by Gasteiger charge is -2.35. The number of thiazole rings is 1. The lowest BCUT2D eigenvalue weighted by atomic mass is 9.98. The summed E-state index contributed by atoms with van der Waals surface area (Å²) >= 11 is 1.44. The summed E-state index contributed by atoms with van der Waals surface area (Å²) in [5.41, 5.74) is 1.21. The van der Waals surface area contributed by atoms with Crippen molar-refractivity contribution >= 4 is 42.1 Å².